The lowest BCUT2D eigenvalue weighted by atomic mass is 10.1. The zero-order valence-corrected chi connectivity index (χ0v) is 11.8. The highest BCUT2D eigenvalue weighted by atomic mass is 16.5. The van der Waals surface area contributed by atoms with Gasteiger partial charge >= 0.3 is 0 Å². The Bertz CT molecular complexity index is 246. The van der Waals surface area contributed by atoms with Gasteiger partial charge in [-0.2, -0.15) is 0 Å². The van der Waals surface area contributed by atoms with Gasteiger partial charge < -0.3 is 15.2 Å². The molecule has 2 N–H and O–H groups in total. The van der Waals surface area contributed by atoms with Gasteiger partial charge in [0.1, 0.15) is 0 Å². The molecule has 106 valence electrons. The molecule has 3 unspecified atom stereocenters. The zero-order valence-electron chi connectivity index (χ0n) is 11.8. The molecule has 1 heterocycles. The number of nitrogens with two attached hydrogens (primary N) is 1. The molecule has 2 fully saturated rings. The largest absolute Gasteiger partial charge is 0.380 e. The van der Waals surface area contributed by atoms with Crippen LogP contribution in [0.3, 0.4) is 0 Å². The first kappa shape index (κ1) is 14.3. The lowest BCUT2D eigenvalue weighted by Crippen LogP contribution is -2.47. The lowest BCUT2D eigenvalue weighted by molar-refractivity contribution is -0.00504. The van der Waals surface area contributed by atoms with E-state index in [9.17, 15) is 0 Å². The molecule has 3 atom stereocenters. The Kier molecular flexibility index (Phi) is 5.42. The summed E-state index contributed by atoms with van der Waals surface area (Å²) in [7, 11) is 2.13. The van der Waals surface area contributed by atoms with Crippen LogP contribution in [-0.2, 0) is 9.47 Å². The minimum absolute atomic E-state index is 0.304. The average Bonchev–Trinajstić information content (AvgIpc) is 3.08. The highest BCUT2D eigenvalue weighted by Gasteiger charge is 2.31. The fraction of sp³-hybridized carbons (Fsp3) is 1.00. The van der Waals surface area contributed by atoms with E-state index < -0.39 is 0 Å². The van der Waals surface area contributed by atoms with Crippen molar-refractivity contribution in [2.75, 3.05) is 33.4 Å². The second kappa shape index (κ2) is 6.85. The minimum atomic E-state index is 0.304. The molecule has 0 amide bonds. The zero-order chi connectivity index (χ0) is 13.0. The third kappa shape index (κ3) is 4.19. The Hall–Kier alpha value is -0.160. The van der Waals surface area contributed by atoms with Crippen molar-refractivity contribution in [1.29, 1.82) is 0 Å². The van der Waals surface area contributed by atoms with Crippen molar-refractivity contribution in [2.45, 2.75) is 50.9 Å². The van der Waals surface area contributed by atoms with Gasteiger partial charge in [0, 0.05) is 25.7 Å². The van der Waals surface area contributed by atoms with Gasteiger partial charge in [0.2, 0.25) is 0 Å². The van der Waals surface area contributed by atoms with Crippen molar-refractivity contribution in [3.63, 3.8) is 0 Å². The van der Waals surface area contributed by atoms with E-state index in [2.05, 4.69) is 18.9 Å². The maximum Gasteiger partial charge on any atom is 0.0747 e. The van der Waals surface area contributed by atoms with E-state index in [0.29, 0.717) is 24.8 Å². The number of hydrogen-bond donors (Lipinski definition) is 1. The van der Waals surface area contributed by atoms with Gasteiger partial charge in [-0.1, -0.05) is 0 Å². The molecular weight excluding hydrogens is 228 g/mol. The van der Waals surface area contributed by atoms with Gasteiger partial charge in [-0.25, -0.2) is 0 Å². The second-order valence-corrected chi connectivity index (χ2v) is 5.86. The number of rotatable bonds is 8. The second-order valence-electron chi connectivity index (χ2n) is 5.86. The Morgan fingerprint density at radius 3 is 2.67 bits per heavy atom. The fourth-order valence-corrected chi connectivity index (χ4v) is 2.64. The Morgan fingerprint density at radius 1 is 1.33 bits per heavy atom. The minimum Gasteiger partial charge on any atom is -0.380 e. The predicted octanol–water partition coefficient (Wildman–Crippen LogP) is 1.24. The van der Waals surface area contributed by atoms with Crippen LogP contribution in [0.5, 0.6) is 0 Å². The maximum atomic E-state index is 5.93. The molecule has 4 heteroatoms. The molecule has 0 aromatic rings. The number of nitrogens with zero attached hydrogens (tertiary/aromatic N) is 1. The summed E-state index contributed by atoms with van der Waals surface area (Å²) in [4.78, 5) is 2.30. The molecule has 1 saturated carbocycles. The number of likely N-dealkylation sites (N-methyl/N-ethyl adjacent to an activating group) is 1. The summed E-state index contributed by atoms with van der Waals surface area (Å²) in [6.45, 7) is 5.51. The van der Waals surface area contributed by atoms with E-state index in [1.807, 2.05) is 0 Å². The number of ether oxygens (including phenoxy) is 2. The Labute approximate surface area is 111 Å². The van der Waals surface area contributed by atoms with E-state index >= 15 is 0 Å². The van der Waals surface area contributed by atoms with E-state index in [1.54, 1.807) is 0 Å². The van der Waals surface area contributed by atoms with E-state index in [1.165, 1.54) is 12.8 Å². The molecule has 2 rings (SSSR count). The first-order valence-corrected chi connectivity index (χ1v) is 7.34. The smallest absolute Gasteiger partial charge is 0.0747 e. The fourth-order valence-electron chi connectivity index (χ4n) is 2.64. The maximum absolute atomic E-state index is 5.93. The highest BCUT2D eigenvalue weighted by molar-refractivity contribution is 4.84. The first-order valence-electron chi connectivity index (χ1n) is 7.34. The van der Waals surface area contributed by atoms with Crippen molar-refractivity contribution < 1.29 is 9.47 Å². The van der Waals surface area contributed by atoms with Crippen LogP contribution in [-0.4, -0.2) is 56.5 Å². The normalized spacial score (nSPS) is 30.0. The molecule has 0 aromatic carbocycles. The van der Waals surface area contributed by atoms with Gasteiger partial charge in [0.25, 0.3) is 0 Å². The molecule has 4 nitrogen and oxygen atoms in total. The summed E-state index contributed by atoms with van der Waals surface area (Å²) < 4.78 is 11.6. The van der Waals surface area contributed by atoms with Crippen LogP contribution >= 0.6 is 0 Å². The van der Waals surface area contributed by atoms with Crippen LogP contribution in [0.2, 0.25) is 0 Å². The number of hydrogen-bond acceptors (Lipinski definition) is 4. The molecule has 18 heavy (non-hydrogen) atoms. The third-order valence-corrected chi connectivity index (χ3v) is 4.14. The van der Waals surface area contributed by atoms with Crippen LogP contribution in [0.25, 0.3) is 0 Å². The molecule has 0 bridgehead atoms. The lowest BCUT2D eigenvalue weighted by Gasteiger charge is -2.31. The summed E-state index contributed by atoms with van der Waals surface area (Å²) in [6, 6.07) is 0.333. The molecule has 0 aromatic heterocycles. The quantitative estimate of drug-likeness (QED) is 0.664. The van der Waals surface area contributed by atoms with Crippen LogP contribution in [0.1, 0.15) is 32.6 Å². The van der Waals surface area contributed by atoms with Crippen molar-refractivity contribution in [3.05, 3.63) is 0 Å². The SMILES string of the molecule is CC1CCC(C(CN)N(C)CCOCC2CC2)O1. The third-order valence-electron chi connectivity index (χ3n) is 4.14. The van der Waals surface area contributed by atoms with Crippen LogP contribution in [0.15, 0.2) is 0 Å². The van der Waals surface area contributed by atoms with Gasteiger partial charge in [-0.15, -0.1) is 0 Å². The standard InChI is InChI=1S/C14H28N2O2/c1-11-3-6-14(18-11)13(9-15)16(2)7-8-17-10-12-4-5-12/h11-14H,3-10,15H2,1-2H3. The van der Waals surface area contributed by atoms with Crippen LogP contribution < -0.4 is 5.73 Å². The van der Waals surface area contributed by atoms with Gasteiger partial charge in [0.05, 0.1) is 18.8 Å². The van der Waals surface area contributed by atoms with Crippen molar-refractivity contribution in [1.82, 2.24) is 4.90 Å². The topological polar surface area (TPSA) is 47.7 Å². The molecular formula is C14H28N2O2. The summed E-state index contributed by atoms with van der Waals surface area (Å²) in [5, 5.41) is 0. The predicted molar refractivity (Wildman–Crippen MR) is 72.6 cm³/mol. The summed E-state index contributed by atoms with van der Waals surface area (Å²) >= 11 is 0. The van der Waals surface area contributed by atoms with E-state index in [4.69, 9.17) is 15.2 Å². The molecule has 1 aliphatic heterocycles. The van der Waals surface area contributed by atoms with E-state index in [-0.39, 0.29) is 0 Å². The summed E-state index contributed by atoms with van der Waals surface area (Å²) in [5.74, 6) is 0.847. The molecule has 0 spiro atoms. The molecule has 1 aliphatic carbocycles. The van der Waals surface area contributed by atoms with Crippen LogP contribution in [0.4, 0.5) is 0 Å². The monoisotopic (exact) mass is 256 g/mol. The van der Waals surface area contributed by atoms with Crippen molar-refractivity contribution in [3.8, 4) is 0 Å². The average molecular weight is 256 g/mol. The Morgan fingerprint density at radius 2 is 2.11 bits per heavy atom. The van der Waals surface area contributed by atoms with Gasteiger partial charge in [0.15, 0.2) is 0 Å². The highest BCUT2D eigenvalue weighted by Crippen LogP contribution is 2.28. The van der Waals surface area contributed by atoms with E-state index in [0.717, 1.165) is 38.5 Å². The molecule has 2 aliphatic rings. The van der Waals surface area contributed by atoms with Gasteiger partial charge in [-0.05, 0) is 45.6 Å². The van der Waals surface area contributed by atoms with Gasteiger partial charge in [-0.3, -0.25) is 4.90 Å². The summed E-state index contributed by atoms with van der Waals surface area (Å²) in [6.07, 6.45) is 5.70. The van der Waals surface area contributed by atoms with Crippen molar-refractivity contribution in [2.24, 2.45) is 11.7 Å². The summed E-state index contributed by atoms with van der Waals surface area (Å²) in [5.41, 5.74) is 5.90. The molecule has 0 radical (unpaired) electrons. The molecule has 1 saturated heterocycles. The first-order chi connectivity index (χ1) is 8.70. The van der Waals surface area contributed by atoms with Crippen molar-refractivity contribution >= 4 is 0 Å². The van der Waals surface area contributed by atoms with Crippen LogP contribution in [0, 0.1) is 5.92 Å². The Balaban J connectivity index is 1.65.